The van der Waals surface area contributed by atoms with E-state index in [0.29, 0.717) is 21.5 Å². The summed E-state index contributed by atoms with van der Waals surface area (Å²) in [6.45, 7) is 4.57. The predicted octanol–water partition coefficient (Wildman–Crippen LogP) is 3.42. The summed E-state index contributed by atoms with van der Waals surface area (Å²) >= 11 is 11.8. The molecular formula is C16H17Cl2N3O4. The van der Waals surface area contributed by atoms with Crippen molar-refractivity contribution < 1.29 is 19.4 Å². The third kappa shape index (κ3) is 4.64. The van der Waals surface area contributed by atoms with Crippen molar-refractivity contribution in [3.8, 4) is 5.75 Å². The lowest BCUT2D eigenvalue weighted by Gasteiger charge is -2.19. The van der Waals surface area contributed by atoms with E-state index < -0.39 is 23.5 Å². The van der Waals surface area contributed by atoms with E-state index in [1.807, 2.05) is 0 Å². The minimum absolute atomic E-state index is 0.360. The molecule has 25 heavy (non-hydrogen) atoms. The largest absolute Gasteiger partial charge is 0.481 e. The molecule has 1 heterocycles. The minimum atomic E-state index is -1.23. The summed E-state index contributed by atoms with van der Waals surface area (Å²) in [5, 5.41) is 16.6. The number of rotatable bonds is 6. The fourth-order valence-electron chi connectivity index (χ4n) is 1.89. The van der Waals surface area contributed by atoms with Crippen LogP contribution < -0.4 is 10.1 Å². The molecule has 9 heteroatoms. The average molecular weight is 386 g/mol. The van der Waals surface area contributed by atoms with Crippen LogP contribution in [0.5, 0.6) is 5.75 Å². The molecule has 1 aromatic heterocycles. The van der Waals surface area contributed by atoms with Crippen LogP contribution in [0.4, 0.5) is 5.69 Å². The summed E-state index contributed by atoms with van der Waals surface area (Å²) in [6.07, 6.45) is 1.98. The highest BCUT2D eigenvalue weighted by atomic mass is 35.5. The van der Waals surface area contributed by atoms with Crippen LogP contribution in [0.1, 0.15) is 20.8 Å². The molecule has 0 aliphatic carbocycles. The summed E-state index contributed by atoms with van der Waals surface area (Å²) in [7, 11) is 0. The Hall–Kier alpha value is -2.25. The van der Waals surface area contributed by atoms with Crippen molar-refractivity contribution >= 4 is 40.8 Å². The van der Waals surface area contributed by atoms with Crippen molar-refractivity contribution in [2.45, 2.75) is 32.4 Å². The number of benzene rings is 1. The number of aromatic nitrogens is 2. The van der Waals surface area contributed by atoms with E-state index in [1.54, 1.807) is 25.1 Å². The smallest absolute Gasteiger partial charge is 0.331 e. The van der Waals surface area contributed by atoms with Gasteiger partial charge in [-0.3, -0.25) is 9.48 Å². The maximum atomic E-state index is 12.2. The molecule has 1 amide bonds. The van der Waals surface area contributed by atoms with Crippen molar-refractivity contribution in [1.82, 2.24) is 9.78 Å². The molecule has 2 N–H and O–H groups in total. The molecule has 0 saturated carbocycles. The average Bonchev–Trinajstić information content (AvgIpc) is 2.95. The summed E-state index contributed by atoms with van der Waals surface area (Å²) in [5.74, 6) is -1.10. The van der Waals surface area contributed by atoms with Crippen LogP contribution in [0.25, 0.3) is 0 Å². The molecule has 0 aliphatic rings. The fraction of sp³-hybridized carbons (Fsp3) is 0.312. The van der Waals surface area contributed by atoms with Gasteiger partial charge in [-0.2, -0.15) is 5.10 Å². The highest BCUT2D eigenvalue weighted by Gasteiger charge is 2.30. The zero-order valence-corrected chi connectivity index (χ0v) is 15.3. The molecule has 0 spiro atoms. The second kappa shape index (κ2) is 7.33. The molecule has 134 valence electrons. The first kappa shape index (κ1) is 19.1. The lowest BCUT2D eigenvalue weighted by atomic mass is 10.1. The Morgan fingerprint density at radius 3 is 2.44 bits per heavy atom. The monoisotopic (exact) mass is 385 g/mol. The number of carboxylic acid groups (broad SMARTS) is 1. The topological polar surface area (TPSA) is 93.5 Å². The van der Waals surface area contributed by atoms with Gasteiger partial charge < -0.3 is 15.2 Å². The van der Waals surface area contributed by atoms with Crippen LogP contribution >= 0.6 is 23.2 Å². The van der Waals surface area contributed by atoms with E-state index in [2.05, 4.69) is 10.4 Å². The standard InChI is InChI=1S/C16H17Cl2N3O4/c1-9(25-13-5-10(17)4-11(18)6-13)14(22)20-12-7-19-21(8-12)16(2,3)15(23)24/h4-9H,1-3H3,(H,20,22)(H,23,24). The van der Waals surface area contributed by atoms with Crippen LogP contribution in [0, 0.1) is 0 Å². The van der Waals surface area contributed by atoms with E-state index in [4.69, 9.17) is 27.9 Å². The number of aliphatic carboxylic acids is 1. The predicted molar refractivity (Wildman–Crippen MR) is 94.4 cm³/mol. The zero-order valence-electron chi connectivity index (χ0n) is 13.8. The molecule has 1 atom stereocenters. The Morgan fingerprint density at radius 2 is 1.88 bits per heavy atom. The van der Waals surface area contributed by atoms with Crippen LogP contribution in [-0.2, 0) is 15.1 Å². The van der Waals surface area contributed by atoms with Gasteiger partial charge in [-0.1, -0.05) is 23.2 Å². The van der Waals surface area contributed by atoms with E-state index >= 15 is 0 Å². The normalized spacial score (nSPS) is 12.5. The number of carbonyl (C=O) groups excluding carboxylic acids is 1. The van der Waals surface area contributed by atoms with Crippen molar-refractivity contribution in [3.63, 3.8) is 0 Å². The second-order valence-electron chi connectivity index (χ2n) is 5.89. The second-order valence-corrected chi connectivity index (χ2v) is 6.77. The van der Waals surface area contributed by atoms with E-state index in [9.17, 15) is 14.7 Å². The van der Waals surface area contributed by atoms with Crippen LogP contribution in [0.3, 0.4) is 0 Å². The molecular weight excluding hydrogens is 369 g/mol. The molecule has 1 aromatic carbocycles. The van der Waals surface area contributed by atoms with Crippen molar-refractivity contribution in [2.24, 2.45) is 0 Å². The summed E-state index contributed by atoms with van der Waals surface area (Å²) in [4.78, 5) is 23.5. The SMILES string of the molecule is CC(Oc1cc(Cl)cc(Cl)c1)C(=O)Nc1cnn(C(C)(C)C(=O)O)c1. The molecule has 0 saturated heterocycles. The first-order valence-electron chi connectivity index (χ1n) is 7.32. The maximum absolute atomic E-state index is 12.2. The number of carboxylic acids is 1. The van der Waals surface area contributed by atoms with Gasteiger partial charge in [-0.05, 0) is 39.0 Å². The van der Waals surface area contributed by atoms with Gasteiger partial charge >= 0.3 is 5.97 Å². The van der Waals surface area contributed by atoms with E-state index in [0.717, 1.165) is 0 Å². The lowest BCUT2D eigenvalue weighted by molar-refractivity contribution is -0.146. The number of hydrogen-bond donors (Lipinski definition) is 2. The van der Waals surface area contributed by atoms with Gasteiger partial charge in [0.1, 0.15) is 5.75 Å². The highest BCUT2D eigenvalue weighted by molar-refractivity contribution is 6.34. The number of nitrogens with one attached hydrogen (secondary N) is 1. The van der Waals surface area contributed by atoms with Gasteiger partial charge in [0.15, 0.2) is 11.6 Å². The van der Waals surface area contributed by atoms with Crippen molar-refractivity contribution in [1.29, 1.82) is 0 Å². The summed E-state index contributed by atoms with van der Waals surface area (Å²) in [6, 6.07) is 4.65. The minimum Gasteiger partial charge on any atom is -0.481 e. The van der Waals surface area contributed by atoms with Crippen molar-refractivity contribution in [2.75, 3.05) is 5.32 Å². The van der Waals surface area contributed by atoms with Crippen LogP contribution in [0.2, 0.25) is 10.0 Å². The maximum Gasteiger partial charge on any atom is 0.331 e. The molecule has 7 nitrogen and oxygen atoms in total. The lowest BCUT2D eigenvalue weighted by Crippen LogP contribution is -2.36. The third-order valence-electron chi connectivity index (χ3n) is 3.46. The quantitative estimate of drug-likeness (QED) is 0.794. The van der Waals surface area contributed by atoms with E-state index in [1.165, 1.54) is 30.9 Å². The summed E-state index contributed by atoms with van der Waals surface area (Å²) < 4.78 is 6.78. The van der Waals surface area contributed by atoms with Gasteiger partial charge in [-0.15, -0.1) is 0 Å². The van der Waals surface area contributed by atoms with Gasteiger partial charge in [0.25, 0.3) is 5.91 Å². The molecule has 0 aliphatic heterocycles. The number of halogens is 2. The van der Waals surface area contributed by atoms with Crippen molar-refractivity contribution in [3.05, 3.63) is 40.6 Å². The van der Waals surface area contributed by atoms with Crippen LogP contribution in [-0.4, -0.2) is 32.9 Å². The number of anilines is 1. The molecule has 1 unspecified atom stereocenters. The number of amides is 1. The number of hydrogen-bond acceptors (Lipinski definition) is 4. The van der Waals surface area contributed by atoms with Gasteiger partial charge in [0.05, 0.1) is 11.9 Å². The Labute approximate surface area is 154 Å². The molecule has 2 aromatic rings. The van der Waals surface area contributed by atoms with E-state index in [-0.39, 0.29) is 0 Å². The number of ether oxygens (including phenoxy) is 1. The summed E-state index contributed by atoms with van der Waals surface area (Å²) in [5.41, 5.74) is -0.873. The number of nitrogens with zero attached hydrogens (tertiary/aromatic N) is 2. The number of carbonyl (C=O) groups is 2. The zero-order chi connectivity index (χ0) is 18.8. The van der Waals surface area contributed by atoms with Crippen LogP contribution in [0.15, 0.2) is 30.6 Å². The Balaban J connectivity index is 2.04. The Morgan fingerprint density at radius 1 is 1.28 bits per heavy atom. The fourth-order valence-corrected chi connectivity index (χ4v) is 2.40. The Bertz CT molecular complexity index is 784. The molecule has 2 rings (SSSR count). The highest BCUT2D eigenvalue weighted by Crippen LogP contribution is 2.25. The molecule has 0 fully saturated rings. The first-order chi connectivity index (χ1) is 11.6. The molecule has 0 radical (unpaired) electrons. The first-order valence-corrected chi connectivity index (χ1v) is 8.07. The third-order valence-corrected chi connectivity index (χ3v) is 3.90. The van der Waals surface area contributed by atoms with Gasteiger partial charge in [-0.25, -0.2) is 4.79 Å². The Kier molecular flexibility index (Phi) is 5.59. The van der Waals surface area contributed by atoms with Gasteiger partial charge in [0, 0.05) is 16.2 Å². The van der Waals surface area contributed by atoms with Gasteiger partial charge in [0.2, 0.25) is 0 Å². The molecule has 0 bridgehead atoms.